The molecule has 20 heavy (non-hydrogen) atoms. The minimum absolute atomic E-state index is 0.0641. The first-order valence-electron chi connectivity index (χ1n) is 7.43. The van der Waals surface area contributed by atoms with E-state index in [9.17, 15) is 9.59 Å². The predicted octanol–water partition coefficient (Wildman–Crippen LogP) is 1.98. The minimum Gasteiger partial charge on any atom is -0.315 e. The Kier molecular flexibility index (Phi) is 8.21. The number of rotatable bonds is 5. The highest BCUT2D eigenvalue weighted by Gasteiger charge is 2.27. The highest BCUT2D eigenvalue weighted by atomic mass is 16.1. The Morgan fingerprint density at radius 3 is 1.95 bits per heavy atom. The van der Waals surface area contributed by atoms with Crippen LogP contribution in [0.5, 0.6) is 0 Å². The number of nitrogens with zero attached hydrogens (tertiary/aromatic N) is 1. The molecule has 0 radical (unpaired) electrons. The van der Waals surface area contributed by atoms with Crippen molar-refractivity contribution in [3.05, 3.63) is 0 Å². The summed E-state index contributed by atoms with van der Waals surface area (Å²) in [5.41, 5.74) is 0.0975. The molecule has 0 aromatic heterocycles. The van der Waals surface area contributed by atoms with Gasteiger partial charge in [0, 0.05) is 25.4 Å². The molecule has 0 saturated carbocycles. The van der Waals surface area contributed by atoms with Crippen LogP contribution >= 0.6 is 0 Å². The first-order chi connectivity index (χ1) is 9.08. The topological polar surface area (TPSA) is 49.4 Å². The molecule has 1 aliphatic heterocycles. The maximum atomic E-state index is 12.0. The van der Waals surface area contributed by atoms with Crippen LogP contribution in [0.3, 0.4) is 0 Å². The van der Waals surface area contributed by atoms with Crippen LogP contribution in [0.1, 0.15) is 41.0 Å². The van der Waals surface area contributed by atoms with Crippen LogP contribution in [0.2, 0.25) is 0 Å². The second-order valence-electron chi connectivity index (χ2n) is 7.41. The summed E-state index contributed by atoms with van der Waals surface area (Å²) >= 11 is 0. The summed E-state index contributed by atoms with van der Waals surface area (Å²) in [6.45, 7) is 12.3. The third-order valence-corrected chi connectivity index (χ3v) is 3.23. The molecular weight excluding hydrogens is 252 g/mol. The molecule has 0 aromatic carbocycles. The van der Waals surface area contributed by atoms with Gasteiger partial charge in [-0.15, -0.1) is 0 Å². The second-order valence-corrected chi connectivity index (χ2v) is 7.41. The Bertz CT molecular complexity index is 294. The van der Waals surface area contributed by atoms with Crippen LogP contribution in [0, 0.1) is 17.3 Å². The molecule has 1 unspecified atom stereocenters. The lowest BCUT2D eigenvalue weighted by Gasteiger charge is -2.29. The van der Waals surface area contributed by atoms with Gasteiger partial charge in [-0.2, -0.15) is 0 Å². The molecule has 1 atom stereocenters. The van der Waals surface area contributed by atoms with E-state index in [2.05, 4.69) is 39.9 Å². The number of nitrogens with one attached hydrogen (secondary N) is 1. The third-order valence-electron chi connectivity index (χ3n) is 3.23. The number of Topliss-reactive ketones (excluding diaryl/α,β-unsaturated/α-hetero) is 1. The maximum absolute atomic E-state index is 12.0. The zero-order valence-corrected chi connectivity index (χ0v) is 14.2. The van der Waals surface area contributed by atoms with Gasteiger partial charge in [0.25, 0.3) is 0 Å². The maximum Gasteiger partial charge on any atom is 0.150 e. The fourth-order valence-electron chi connectivity index (χ4n) is 2.29. The Balaban J connectivity index is 0.000000493. The molecule has 1 saturated heterocycles. The van der Waals surface area contributed by atoms with Crippen LogP contribution in [-0.4, -0.2) is 50.2 Å². The fraction of sp³-hybridized carbons (Fsp3) is 0.875. The van der Waals surface area contributed by atoms with Crippen LogP contribution in [0.25, 0.3) is 0 Å². The molecule has 1 heterocycles. The van der Waals surface area contributed by atoms with Crippen LogP contribution in [-0.2, 0) is 9.59 Å². The van der Waals surface area contributed by atoms with E-state index in [4.69, 9.17) is 0 Å². The van der Waals surface area contributed by atoms with Crippen molar-refractivity contribution in [2.24, 2.45) is 17.3 Å². The quantitative estimate of drug-likeness (QED) is 0.784. The average Bonchev–Trinajstić information content (AvgIpc) is 2.11. The molecule has 0 aliphatic carbocycles. The summed E-state index contributed by atoms with van der Waals surface area (Å²) in [4.78, 5) is 23.8. The Hall–Kier alpha value is -0.740. The summed E-state index contributed by atoms with van der Waals surface area (Å²) in [7, 11) is 3.95. The van der Waals surface area contributed by atoms with Crippen molar-refractivity contribution in [3.8, 4) is 0 Å². The summed E-state index contributed by atoms with van der Waals surface area (Å²) in [5, 5.41) is 2.98. The van der Waals surface area contributed by atoms with Gasteiger partial charge in [-0.05, 0) is 25.4 Å². The van der Waals surface area contributed by atoms with Crippen LogP contribution in [0.15, 0.2) is 0 Å². The predicted molar refractivity (Wildman–Crippen MR) is 83.8 cm³/mol. The van der Waals surface area contributed by atoms with Crippen molar-refractivity contribution < 1.29 is 9.59 Å². The van der Waals surface area contributed by atoms with E-state index in [1.54, 1.807) is 0 Å². The molecule has 0 spiro atoms. The molecule has 0 bridgehead atoms. The number of likely N-dealkylation sites (N-methyl/N-ethyl adjacent to an activating group) is 1. The summed E-state index contributed by atoms with van der Waals surface area (Å²) in [6, 6.07) is 0.0641. The zero-order valence-electron chi connectivity index (χ0n) is 14.2. The van der Waals surface area contributed by atoms with E-state index >= 15 is 0 Å². The molecule has 0 aromatic rings. The lowest BCUT2D eigenvalue weighted by Crippen LogP contribution is -2.42. The van der Waals surface area contributed by atoms with E-state index in [1.807, 2.05) is 19.0 Å². The van der Waals surface area contributed by atoms with Crippen LogP contribution < -0.4 is 5.32 Å². The Morgan fingerprint density at radius 2 is 1.80 bits per heavy atom. The highest BCUT2D eigenvalue weighted by Crippen LogP contribution is 2.22. The van der Waals surface area contributed by atoms with E-state index in [1.165, 1.54) is 0 Å². The van der Waals surface area contributed by atoms with Gasteiger partial charge in [-0.3, -0.25) is 9.69 Å². The monoisotopic (exact) mass is 284 g/mol. The Morgan fingerprint density at radius 1 is 1.30 bits per heavy atom. The first kappa shape index (κ1) is 19.3. The SMILES string of the molecule is CC(C)C(C(=O)CC(C)(C)C)N(C)C.O=CC1CNC1. The van der Waals surface area contributed by atoms with Crippen molar-refractivity contribution in [2.75, 3.05) is 27.2 Å². The number of aldehydes is 1. The molecule has 1 N–H and O–H groups in total. The number of hydrogen-bond donors (Lipinski definition) is 1. The normalized spacial score (nSPS) is 17.2. The highest BCUT2D eigenvalue weighted by molar-refractivity contribution is 5.84. The number of ketones is 1. The molecule has 4 heteroatoms. The largest absolute Gasteiger partial charge is 0.315 e. The zero-order chi connectivity index (χ0) is 15.9. The van der Waals surface area contributed by atoms with Crippen molar-refractivity contribution in [3.63, 3.8) is 0 Å². The van der Waals surface area contributed by atoms with E-state index in [0.717, 1.165) is 19.4 Å². The van der Waals surface area contributed by atoms with Crippen molar-refractivity contribution in [1.82, 2.24) is 10.2 Å². The lowest BCUT2D eigenvalue weighted by atomic mass is 9.85. The molecule has 1 aliphatic rings. The molecular formula is C16H32N2O2. The molecule has 0 amide bonds. The van der Waals surface area contributed by atoms with Crippen molar-refractivity contribution >= 4 is 12.1 Å². The van der Waals surface area contributed by atoms with Gasteiger partial charge in [0.05, 0.1) is 6.04 Å². The number of hydrogen-bond acceptors (Lipinski definition) is 4. The second kappa shape index (κ2) is 8.53. The van der Waals surface area contributed by atoms with Gasteiger partial charge in [0.2, 0.25) is 0 Å². The Labute approximate surface area is 124 Å². The standard InChI is InChI=1S/C12H25NO.C4H7NO/c1-9(2)11(13(6)7)10(14)8-12(3,4)5;6-3-4-1-5-2-4/h9,11H,8H2,1-7H3;3-5H,1-2H2. The molecule has 1 rings (SSSR count). The van der Waals surface area contributed by atoms with Gasteiger partial charge in [-0.25, -0.2) is 0 Å². The van der Waals surface area contributed by atoms with Gasteiger partial charge in [0.15, 0.2) is 5.78 Å². The van der Waals surface area contributed by atoms with Gasteiger partial charge >= 0.3 is 0 Å². The van der Waals surface area contributed by atoms with Gasteiger partial charge in [0.1, 0.15) is 6.29 Å². The summed E-state index contributed by atoms with van der Waals surface area (Å²) in [6.07, 6.45) is 1.66. The number of carbonyl (C=O) groups is 2. The van der Waals surface area contributed by atoms with E-state index < -0.39 is 0 Å². The first-order valence-corrected chi connectivity index (χ1v) is 7.43. The average molecular weight is 284 g/mol. The van der Waals surface area contributed by atoms with E-state index in [-0.39, 0.29) is 11.5 Å². The van der Waals surface area contributed by atoms with Crippen LogP contribution in [0.4, 0.5) is 0 Å². The van der Waals surface area contributed by atoms with E-state index in [0.29, 0.717) is 24.0 Å². The third kappa shape index (κ3) is 7.75. The molecule has 4 nitrogen and oxygen atoms in total. The van der Waals surface area contributed by atoms with Gasteiger partial charge in [-0.1, -0.05) is 34.6 Å². The lowest BCUT2D eigenvalue weighted by molar-refractivity contribution is -0.126. The fourth-order valence-corrected chi connectivity index (χ4v) is 2.29. The number of carbonyl (C=O) groups excluding carboxylic acids is 2. The molecule has 118 valence electrons. The summed E-state index contributed by atoms with van der Waals surface area (Å²) < 4.78 is 0. The smallest absolute Gasteiger partial charge is 0.150 e. The minimum atomic E-state index is 0.0641. The van der Waals surface area contributed by atoms with Crippen molar-refractivity contribution in [1.29, 1.82) is 0 Å². The van der Waals surface area contributed by atoms with Gasteiger partial charge < -0.3 is 10.1 Å². The molecule has 1 fully saturated rings. The summed E-state index contributed by atoms with van der Waals surface area (Å²) in [5.74, 6) is 1.07. The van der Waals surface area contributed by atoms with Crippen molar-refractivity contribution in [2.45, 2.75) is 47.1 Å².